The molecule has 1 amide bonds. The van der Waals surface area contributed by atoms with Crippen LogP contribution < -0.4 is 4.90 Å². The second kappa shape index (κ2) is 7.85. The van der Waals surface area contributed by atoms with Crippen LogP contribution in [0.15, 0.2) is 41.1 Å². The van der Waals surface area contributed by atoms with Crippen LogP contribution in [0.4, 0.5) is 5.69 Å². The van der Waals surface area contributed by atoms with E-state index in [2.05, 4.69) is 4.98 Å². The number of para-hydroxylation sites is 1. The first-order valence-electron chi connectivity index (χ1n) is 9.15. The summed E-state index contributed by atoms with van der Waals surface area (Å²) in [5.41, 5.74) is 3.68. The Morgan fingerprint density at radius 1 is 1.25 bits per heavy atom. The van der Waals surface area contributed by atoms with Gasteiger partial charge in [0.25, 0.3) is 5.91 Å². The molecule has 1 aliphatic heterocycles. The predicted molar refractivity (Wildman–Crippen MR) is 112 cm³/mol. The predicted octanol–water partition coefficient (Wildman–Crippen LogP) is 4.70. The van der Waals surface area contributed by atoms with Crippen molar-refractivity contribution in [2.75, 3.05) is 11.4 Å². The molecular weight excluding hydrogens is 392 g/mol. The van der Waals surface area contributed by atoms with Crippen molar-refractivity contribution >= 4 is 40.2 Å². The third-order valence-corrected chi connectivity index (χ3v) is 6.63. The number of esters is 1. The third kappa shape index (κ3) is 3.59. The average molecular weight is 413 g/mol. The van der Waals surface area contributed by atoms with Crippen LogP contribution in [0.2, 0.25) is 0 Å². The van der Waals surface area contributed by atoms with E-state index in [4.69, 9.17) is 4.74 Å². The van der Waals surface area contributed by atoms with Gasteiger partial charge in [0.2, 0.25) is 0 Å². The normalized spacial score (nSPS) is 14.4. The quantitative estimate of drug-likeness (QED) is 0.583. The van der Waals surface area contributed by atoms with Gasteiger partial charge in [-0.05, 0) is 49.8 Å². The molecule has 0 fully saturated rings. The molecule has 4 rings (SSSR count). The number of aryl methyl sites for hydroxylation is 2. The summed E-state index contributed by atoms with van der Waals surface area (Å²) >= 11 is 2.88. The summed E-state index contributed by atoms with van der Waals surface area (Å²) in [6.07, 6.45) is 1.01. The van der Waals surface area contributed by atoms with Crippen LogP contribution in [-0.2, 0) is 16.0 Å². The van der Waals surface area contributed by atoms with Gasteiger partial charge in [0.05, 0.1) is 5.69 Å². The van der Waals surface area contributed by atoms with Crippen LogP contribution >= 0.6 is 22.7 Å². The fourth-order valence-electron chi connectivity index (χ4n) is 3.34. The molecule has 0 bridgehead atoms. The molecule has 3 aromatic rings. The van der Waals surface area contributed by atoms with E-state index in [1.807, 2.05) is 41.1 Å². The van der Waals surface area contributed by atoms with Crippen molar-refractivity contribution in [3.05, 3.63) is 57.2 Å². The summed E-state index contributed by atoms with van der Waals surface area (Å²) in [7, 11) is 0. The number of thiazole rings is 1. The molecule has 144 valence electrons. The second-order valence-electron chi connectivity index (χ2n) is 6.72. The minimum Gasteiger partial charge on any atom is -0.448 e. The lowest BCUT2D eigenvalue weighted by Gasteiger charge is -2.31. The van der Waals surface area contributed by atoms with Crippen molar-refractivity contribution in [1.29, 1.82) is 0 Å². The molecule has 1 unspecified atom stereocenters. The van der Waals surface area contributed by atoms with Crippen LogP contribution in [0.1, 0.15) is 34.3 Å². The minimum atomic E-state index is -0.857. The minimum absolute atomic E-state index is 0.194. The number of fused-ring (bicyclic) bond motifs is 1. The van der Waals surface area contributed by atoms with Crippen LogP contribution in [-0.4, -0.2) is 29.5 Å². The number of benzene rings is 1. The lowest BCUT2D eigenvalue weighted by atomic mass is 10.0. The second-order valence-corrected chi connectivity index (χ2v) is 8.49. The van der Waals surface area contributed by atoms with E-state index in [-0.39, 0.29) is 5.91 Å². The summed E-state index contributed by atoms with van der Waals surface area (Å²) in [6, 6.07) is 9.86. The zero-order chi connectivity index (χ0) is 19.7. The molecule has 7 heteroatoms. The van der Waals surface area contributed by atoms with Crippen LogP contribution in [0.3, 0.4) is 0 Å². The van der Waals surface area contributed by atoms with Crippen LogP contribution in [0.25, 0.3) is 10.6 Å². The molecule has 0 N–H and O–H groups in total. The van der Waals surface area contributed by atoms with Crippen molar-refractivity contribution in [2.24, 2.45) is 0 Å². The van der Waals surface area contributed by atoms with Gasteiger partial charge in [-0.25, -0.2) is 9.78 Å². The zero-order valence-corrected chi connectivity index (χ0v) is 17.3. The van der Waals surface area contributed by atoms with Crippen molar-refractivity contribution in [1.82, 2.24) is 4.98 Å². The first kappa shape index (κ1) is 18.8. The van der Waals surface area contributed by atoms with E-state index < -0.39 is 12.1 Å². The van der Waals surface area contributed by atoms with Crippen LogP contribution in [0.5, 0.6) is 0 Å². The lowest BCUT2D eigenvalue weighted by Crippen LogP contribution is -2.42. The van der Waals surface area contributed by atoms with Gasteiger partial charge in [-0.15, -0.1) is 11.3 Å². The third-order valence-electron chi connectivity index (χ3n) is 4.76. The molecule has 2 aromatic heterocycles. The topological polar surface area (TPSA) is 59.5 Å². The highest BCUT2D eigenvalue weighted by Gasteiger charge is 2.29. The number of ether oxygens (including phenoxy) is 1. The lowest BCUT2D eigenvalue weighted by molar-refractivity contribution is -0.126. The number of carbonyl (C=O) groups excluding carboxylic acids is 2. The Bertz CT molecular complexity index is 1010. The smallest absolute Gasteiger partial charge is 0.351 e. The summed E-state index contributed by atoms with van der Waals surface area (Å²) in [5, 5.41) is 4.75. The van der Waals surface area contributed by atoms with E-state index in [0.29, 0.717) is 17.1 Å². The van der Waals surface area contributed by atoms with E-state index >= 15 is 0 Å². The maximum atomic E-state index is 12.9. The Labute approximate surface area is 171 Å². The maximum Gasteiger partial charge on any atom is 0.351 e. The summed E-state index contributed by atoms with van der Waals surface area (Å²) in [4.78, 5) is 32.3. The molecular formula is C21H20N2O3S2. The summed E-state index contributed by atoms with van der Waals surface area (Å²) < 4.78 is 5.52. The van der Waals surface area contributed by atoms with E-state index in [1.54, 1.807) is 30.1 Å². The van der Waals surface area contributed by atoms with E-state index in [9.17, 15) is 9.59 Å². The van der Waals surface area contributed by atoms with Crippen molar-refractivity contribution < 1.29 is 14.3 Å². The zero-order valence-electron chi connectivity index (χ0n) is 15.7. The molecule has 1 aliphatic rings. The number of carbonyl (C=O) groups is 2. The molecule has 0 radical (unpaired) electrons. The monoisotopic (exact) mass is 412 g/mol. The first-order chi connectivity index (χ1) is 13.5. The molecule has 0 saturated carbocycles. The number of thiophene rings is 1. The molecule has 0 spiro atoms. The SMILES string of the molecule is Cc1nc(-c2ccsc2)sc1C(=O)OC(C)C(=O)N1CCCc2ccccc21. The maximum absolute atomic E-state index is 12.9. The average Bonchev–Trinajstić information content (AvgIpc) is 3.36. The van der Waals surface area contributed by atoms with Gasteiger partial charge in [-0.3, -0.25) is 4.79 Å². The fraction of sp³-hybridized carbons (Fsp3) is 0.286. The summed E-state index contributed by atoms with van der Waals surface area (Å²) in [5.74, 6) is -0.691. The Morgan fingerprint density at radius 2 is 2.07 bits per heavy atom. The number of hydrogen-bond donors (Lipinski definition) is 0. The molecule has 3 heterocycles. The van der Waals surface area contributed by atoms with Gasteiger partial charge < -0.3 is 9.64 Å². The van der Waals surface area contributed by atoms with Gasteiger partial charge >= 0.3 is 5.97 Å². The van der Waals surface area contributed by atoms with E-state index in [1.165, 1.54) is 11.3 Å². The number of hydrogen-bond acceptors (Lipinski definition) is 6. The standard InChI is InChI=1S/C21H20N2O3S2/c1-13-18(28-19(22-13)16-9-11-27-12-16)21(25)26-14(2)20(24)23-10-5-7-15-6-3-4-8-17(15)23/h3-4,6,8-9,11-12,14H,5,7,10H2,1-2H3. The highest BCUT2D eigenvalue weighted by atomic mass is 32.1. The molecule has 0 aliphatic carbocycles. The van der Waals surface area contributed by atoms with Gasteiger partial charge in [0, 0.05) is 23.2 Å². The van der Waals surface area contributed by atoms with Crippen molar-refractivity contribution in [3.8, 4) is 10.6 Å². The fourth-order valence-corrected chi connectivity index (χ4v) is 5.00. The Balaban J connectivity index is 1.49. The van der Waals surface area contributed by atoms with Crippen LogP contribution in [0, 0.1) is 6.92 Å². The first-order valence-corrected chi connectivity index (χ1v) is 10.9. The number of anilines is 1. The number of amides is 1. The largest absolute Gasteiger partial charge is 0.448 e. The Hall–Kier alpha value is -2.51. The molecule has 5 nitrogen and oxygen atoms in total. The summed E-state index contributed by atoms with van der Waals surface area (Å²) in [6.45, 7) is 4.06. The van der Waals surface area contributed by atoms with Crippen molar-refractivity contribution in [2.45, 2.75) is 32.8 Å². The highest BCUT2D eigenvalue weighted by molar-refractivity contribution is 7.17. The van der Waals surface area contributed by atoms with Gasteiger partial charge in [0.1, 0.15) is 9.88 Å². The molecule has 0 saturated heterocycles. The molecule has 28 heavy (non-hydrogen) atoms. The van der Waals surface area contributed by atoms with Gasteiger partial charge in [0.15, 0.2) is 6.10 Å². The van der Waals surface area contributed by atoms with Crippen molar-refractivity contribution in [3.63, 3.8) is 0 Å². The highest BCUT2D eigenvalue weighted by Crippen LogP contribution is 2.31. The van der Waals surface area contributed by atoms with Gasteiger partial charge in [-0.1, -0.05) is 18.2 Å². The Morgan fingerprint density at radius 3 is 2.86 bits per heavy atom. The molecule has 1 atom stereocenters. The number of nitrogens with zero attached hydrogens (tertiary/aromatic N) is 2. The molecule has 1 aromatic carbocycles. The Kier molecular flexibility index (Phi) is 5.28. The van der Waals surface area contributed by atoms with E-state index in [0.717, 1.165) is 34.7 Å². The number of aromatic nitrogens is 1. The number of rotatable bonds is 4. The van der Waals surface area contributed by atoms with Gasteiger partial charge in [-0.2, -0.15) is 11.3 Å².